The Labute approximate surface area is 129 Å². The van der Waals surface area contributed by atoms with Crippen molar-refractivity contribution in [1.82, 2.24) is 25.1 Å². The standard InChI is InChI=1S/C14H21N5OS/c1-5-10(2)21-14-15-6-12(7-16-14)8-19(4)9-13-18-17-11(3)20-13/h6-7,10H,5,8-9H2,1-4H3/t10-/m0/s1. The third-order valence-electron chi connectivity index (χ3n) is 2.99. The minimum absolute atomic E-state index is 0.541. The Morgan fingerprint density at radius 1 is 1.24 bits per heavy atom. The highest BCUT2D eigenvalue weighted by molar-refractivity contribution is 7.99. The summed E-state index contributed by atoms with van der Waals surface area (Å²) in [6.07, 6.45) is 4.88. The van der Waals surface area contributed by atoms with Gasteiger partial charge in [-0.2, -0.15) is 0 Å². The Bertz CT molecular complexity index is 557. The van der Waals surface area contributed by atoms with Crippen molar-refractivity contribution in [2.45, 2.75) is 50.7 Å². The molecule has 1 atom stereocenters. The van der Waals surface area contributed by atoms with Crippen molar-refractivity contribution in [2.75, 3.05) is 7.05 Å². The van der Waals surface area contributed by atoms with Gasteiger partial charge in [-0.1, -0.05) is 25.6 Å². The van der Waals surface area contributed by atoms with Gasteiger partial charge >= 0.3 is 0 Å². The fourth-order valence-corrected chi connectivity index (χ4v) is 2.50. The van der Waals surface area contributed by atoms with Gasteiger partial charge in [-0.3, -0.25) is 4.90 Å². The number of rotatable bonds is 7. The average molecular weight is 307 g/mol. The number of aromatic nitrogens is 4. The van der Waals surface area contributed by atoms with Crippen molar-refractivity contribution in [3.8, 4) is 0 Å². The van der Waals surface area contributed by atoms with Gasteiger partial charge in [0, 0.05) is 36.7 Å². The Morgan fingerprint density at radius 3 is 2.52 bits per heavy atom. The third kappa shape index (κ3) is 5.09. The molecule has 0 radical (unpaired) electrons. The molecule has 0 unspecified atom stereocenters. The highest BCUT2D eigenvalue weighted by Gasteiger charge is 2.09. The van der Waals surface area contributed by atoms with Crippen LogP contribution in [0.5, 0.6) is 0 Å². The van der Waals surface area contributed by atoms with Crippen molar-refractivity contribution in [2.24, 2.45) is 0 Å². The maximum absolute atomic E-state index is 5.37. The van der Waals surface area contributed by atoms with Gasteiger partial charge in [0.1, 0.15) is 0 Å². The summed E-state index contributed by atoms with van der Waals surface area (Å²) in [6, 6.07) is 0. The molecular weight excluding hydrogens is 286 g/mol. The van der Waals surface area contributed by atoms with Crippen molar-refractivity contribution >= 4 is 11.8 Å². The second-order valence-corrected chi connectivity index (χ2v) is 6.50. The van der Waals surface area contributed by atoms with Crippen LogP contribution in [-0.4, -0.2) is 37.4 Å². The molecule has 2 heterocycles. The molecule has 0 fully saturated rings. The summed E-state index contributed by atoms with van der Waals surface area (Å²) in [5, 5.41) is 9.19. The van der Waals surface area contributed by atoms with E-state index in [0.717, 1.165) is 23.7 Å². The fraction of sp³-hybridized carbons (Fsp3) is 0.571. The molecule has 2 aromatic heterocycles. The van der Waals surface area contributed by atoms with Crippen molar-refractivity contribution < 1.29 is 4.42 Å². The van der Waals surface area contributed by atoms with Crippen molar-refractivity contribution in [3.63, 3.8) is 0 Å². The minimum Gasteiger partial charge on any atom is -0.424 e. The second-order valence-electron chi connectivity index (χ2n) is 5.10. The van der Waals surface area contributed by atoms with Crippen LogP contribution in [0, 0.1) is 6.92 Å². The van der Waals surface area contributed by atoms with E-state index >= 15 is 0 Å². The van der Waals surface area contributed by atoms with Gasteiger partial charge in [0.25, 0.3) is 0 Å². The molecule has 0 saturated heterocycles. The van der Waals surface area contributed by atoms with E-state index < -0.39 is 0 Å². The van der Waals surface area contributed by atoms with E-state index in [1.165, 1.54) is 0 Å². The Balaban J connectivity index is 1.87. The number of thioether (sulfide) groups is 1. The summed E-state index contributed by atoms with van der Waals surface area (Å²) in [5.74, 6) is 1.22. The zero-order valence-electron chi connectivity index (χ0n) is 12.9. The van der Waals surface area contributed by atoms with E-state index in [9.17, 15) is 0 Å². The SMILES string of the molecule is CC[C@H](C)Sc1ncc(CN(C)Cc2nnc(C)o2)cn1. The van der Waals surface area contributed by atoms with Crippen LogP contribution < -0.4 is 0 Å². The molecule has 0 aliphatic heterocycles. The lowest BCUT2D eigenvalue weighted by Crippen LogP contribution is -2.17. The zero-order chi connectivity index (χ0) is 15.2. The highest BCUT2D eigenvalue weighted by Crippen LogP contribution is 2.20. The van der Waals surface area contributed by atoms with E-state index in [1.54, 1.807) is 18.7 Å². The van der Waals surface area contributed by atoms with Crippen LogP contribution in [0.25, 0.3) is 0 Å². The van der Waals surface area contributed by atoms with Crippen LogP contribution in [0.1, 0.15) is 37.6 Å². The molecule has 6 nitrogen and oxygen atoms in total. The van der Waals surface area contributed by atoms with Crippen LogP contribution in [0.2, 0.25) is 0 Å². The van der Waals surface area contributed by atoms with Gasteiger partial charge in [0.15, 0.2) is 5.16 Å². The molecule has 2 rings (SSSR count). The molecule has 7 heteroatoms. The lowest BCUT2D eigenvalue weighted by atomic mass is 10.3. The molecular formula is C14H21N5OS. The van der Waals surface area contributed by atoms with E-state index in [4.69, 9.17) is 4.42 Å². The van der Waals surface area contributed by atoms with Gasteiger partial charge in [0.2, 0.25) is 11.8 Å². The van der Waals surface area contributed by atoms with Crippen molar-refractivity contribution in [1.29, 1.82) is 0 Å². The van der Waals surface area contributed by atoms with E-state index in [1.807, 2.05) is 19.4 Å². The number of hydrogen-bond acceptors (Lipinski definition) is 7. The molecule has 2 aromatic rings. The maximum Gasteiger partial charge on any atom is 0.230 e. The largest absolute Gasteiger partial charge is 0.424 e. The first-order valence-electron chi connectivity index (χ1n) is 7.02. The number of aryl methyl sites for hydroxylation is 1. The van der Waals surface area contributed by atoms with E-state index in [-0.39, 0.29) is 0 Å². The van der Waals surface area contributed by atoms with Crippen LogP contribution >= 0.6 is 11.8 Å². The van der Waals surface area contributed by atoms with Crippen LogP contribution in [0.4, 0.5) is 0 Å². The maximum atomic E-state index is 5.37. The summed E-state index contributed by atoms with van der Waals surface area (Å²) >= 11 is 1.71. The average Bonchev–Trinajstić information content (AvgIpc) is 2.86. The quantitative estimate of drug-likeness (QED) is 0.575. The molecule has 0 spiro atoms. The van der Waals surface area contributed by atoms with Crippen LogP contribution in [0.15, 0.2) is 22.0 Å². The highest BCUT2D eigenvalue weighted by atomic mass is 32.2. The predicted octanol–water partition coefficient (Wildman–Crippen LogP) is 2.69. The summed E-state index contributed by atoms with van der Waals surface area (Å²) in [6.45, 7) is 7.50. The van der Waals surface area contributed by atoms with Crippen molar-refractivity contribution in [3.05, 3.63) is 29.7 Å². The topological polar surface area (TPSA) is 67.9 Å². The molecule has 0 saturated carbocycles. The van der Waals surface area contributed by atoms with Gasteiger partial charge in [-0.05, 0) is 13.5 Å². The van der Waals surface area contributed by atoms with Gasteiger partial charge in [0.05, 0.1) is 6.54 Å². The van der Waals surface area contributed by atoms with Gasteiger partial charge in [-0.25, -0.2) is 9.97 Å². The summed E-state index contributed by atoms with van der Waals surface area (Å²) in [4.78, 5) is 10.9. The molecule has 21 heavy (non-hydrogen) atoms. The monoisotopic (exact) mass is 307 g/mol. The molecule has 0 aliphatic rings. The summed E-state index contributed by atoms with van der Waals surface area (Å²) in [7, 11) is 2.00. The molecule has 0 aliphatic carbocycles. The van der Waals surface area contributed by atoms with Gasteiger partial charge < -0.3 is 4.42 Å². The number of nitrogens with zero attached hydrogens (tertiary/aromatic N) is 5. The molecule has 0 aromatic carbocycles. The number of hydrogen-bond donors (Lipinski definition) is 0. The Hall–Kier alpha value is -1.47. The van der Waals surface area contributed by atoms with Crippen LogP contribution in [0.3, 0.4) is 0 Å². The molecule has 0 N–H and O–H groups in total. The normalized spacial score (nSPS) is 12.8. The first-order valence-corrected chi connectivity index (χ1v) is 7.90. The first-order chi connectivity index (χ1) is 10.1. The minimum atomic E-state index is 0.541. The lowest BCUT2D eigenvalue weighted by Gasteiger charge is -2.14. The second kappa shape index (κ2) is 7.51. The molecule has 0 amide bonds. The third-order valence-corrected chi connectivity index (χ3v) is 4.15. The summed E-state index contributed by atoms with van der Waals surface area (Å²) in [5.41, 5.74) is 1.07. The Morgan fingerprint density at radius 2 is 1.95 bits per heavy atom. The van der Waals surface area contributed by atoms with Crippen LogP contribution in [-0.2, 0) is 13.1 Å². The van der Waals surface area contributed by atoms with E-state index in [2.05, 4.69) is 38.9 Å². The van der Waals surface area contributed by atoms with E-state index in [0.29, 0.717) is 23.6 Å². The molecule has 114 valence electrons. The molecule has 0 bridgehead atoms. The predicted molar refractivity (Wildman–Crippen MR) is 81.8 cm³/mol. The summed E-state index contributed by atoms with van der Waals surface area (Å²) < 4.78 is 5.37. The smallest absolute Gasteiger partial charge is 0.230 e. The van der Waals surface area contributed by atoms with Gasteiger partial charge in [-0.15, -0.1) is 10.2 Å². The lowest BCUT2D eigenvalue weighted by molar-refractivity contribution is 0.278. The first kappa shape index (κ1) is 15.9. The fourth-order valence-electron chi connectivity index (χ4n) is 1.75. The Kier molecular flexibility index (Phi) is 5.69. The zero-order valence-corrected chi connectivity index (χ0v) is 13.7.